The first-order valence-corrected chi connectivity index (χ1v) is 11.4. The monoisotopic (exact) mass is 390 g/mol. The van der Waals surface area contributed by atoms with E-state index < -0.39 is 0 Å². The molecule has 2 aliphatic rings. The molecule has 6 heteroatoms. The Bertz CT molecular complexity index is 589. The van der Waals surface area contributed by atoms with Crippen LogP contribution in [-0.4, -0.2) is 62.4 Å². The van der Waals surface area contributed by atoms with Crippen LogP contribution in [0.2, 0.25) is 0 Å². The van der Waals surface area contributed by atoms with Gasteiger partial charge in [0.2, 0.25) is 0 Å². The number of rotatable bonds is 6. The first kappa shape index (κ1) is 20.3. The van der Waals surface area contributed by atoms with Crippen LogP contribution < -0.4 is 15.5 Å². The van der Waals surface area contributed by atoms with Gasteiger partial charge in [0.05, 0.1) is 6.54 Å². The van der Waals surface area contributed by atoms with Crippen molar-refractivity contribution in [3.8, 4) is 0 Å². The molecule has 0 saturated carbocycles. The highest BCUT2D eigenvalue weighted by Gasteiger charge is 2.31. The third kappa shape index (κ3) is 5.79. The summed E-state index contributed by atoms with van der Waals surface area (Å²) in [6.45, 7) is 7.73. The quantitative estimate of drug-likeness (QED) is 0.577. The fraction of sp³-hybridized carbons (Fsp3) is 0.667. The molecular formula is C21H34N4OS. The first-order valence-electron chi connectivity index (χ1n) is 10.2. The molecule has 1 aromatic rings. The molecule has 0 bridgehead atoms. The molecule has 27 heavy (non-hydrogen) atoms. The lowest BCUT2D eigenvalue weighted by Gasteiger charge is -2.36. The van der Waals surface area contributed by atoms with Crippen LogP contribution >= 0.6 is 11.8 Å². The minimum Gasteiger partial charge on any atom is -0.381 e. The molecule has 0 amide bonds. The Morgan fingerprint density at radius 3 is 2.78 bits per heavy atom. The Hall–Kier alpha value is -1.40. The van der Waals surface area contributed by atoms with Crippen LogP contribution in [0.3, 0.4) is 0 Å². The molecule has 0 aliphatic carbocycles. The number of ether oxygens (including phenoxy) is 1. The molecule has 150 valence electrons. The highest BCUT2D eigenvalue weighted by molar-refractivity contribution is 8.00. The zero-order valence-corrected chi connectivity index (χ0v) is 17.6. The predicted molar refractivity (Wildman–Crippen MR) is 117 cm³/mol. The summed E-state index contributed by atoms with van der Waals surface area (Å²) in [5, 5.41) is 7.14. The summed E-state index contributed by atoms with van der Waals surface area (Å²) < 4.78 is 5.78. The van der Waals surface area contributed by atoms with Crippen LogP contribution in [0.5, 0.6) is 0 Å². The summed E-state index contributed by atoms with van der Waals surface area (Å²) >= 11 is 1.95. The van der Waals surface area contributed by atoms with Crippen LogP contribution in [0.4, 0.5) is 5.69 Å². The Morgan fingerprint density at radius 1 is 1.30 bits per heavy atom. The lowest BCUT2D eigenvalue weighted by Crippen LogP contribution is -2.51. The third-order valence-electron chi connectivity index (χ3n) is 5.59. The van der Waals surface area contributed by atoms with Crippen molar-refractivity contribution in [2.75, 3.05) is 50.5 Å². The van der Waals surface area contributed by atoms with E-state index in [9.17, 15) is 0 Å². The Balaban J connectivity index is 1.61. The van der Waals surface area contributed by atoms with Crippen molar-refractivity contribution in [2.45, 2.75) is 43.4 Å². The molecule has 1 aromatic carbocycles. The number of hydrogen-bond donors (Lipinski definition) is 2. The first-order chi connectivity index (χ1) is 13.2. The smallest absolute Gasteiger partial charge is 0.191 e. The van der Waals surface area contributed by atoms with Gasteiger partial charge in [-0.2, -0.15) is 11.8 Å². The molecule has 1 atom stereocenters. The molecule has 0 aromatic heterocycles. The highest BCUT2D eigenvalue weighted by Crippen LogP contribution is 2.34. The Kier molecular flexibility index (Phi) is 7.70. The normalized spacial score (nSPS) is 23.1. The number of aliphatic imine (C=N–C) groups is 1. The number of para-hydroxylation sites is 1. The van der Waals surface area contributed by atoms with Gasteiger partial charge in [-0.05, 0) is 51.0 Å². The van der Waals surface area contributed by atoms with Crippen LogP contribution in [0.1, 0.15) is 32.6 Å². The SMILES string of the molecule is CCNC(=NCC1(SC)CCOCC1)NC1CCCN(c2ccccc2)C1. The zero-order chi connectivity index (χ0) is 19.0. The van der Waals surface area contributed by atoms with Crippen molar-refractivity contribution in [2.24, 2.45) is 4.99 Å². The van der Waals surface area contributed by atoms with E-state index in [0.717, 1.165) is 58.2 Å². The van der Waals surface area contributed by atoms with Gasteiger partial charge in [-0.3, -0.25) is 4.99 Å². The number of benzene rings is 1. The maximum Gasteiger partial charge on any atom is 0.191 e. The largest absolute Gasteiger partial charge is 0.381 e. The topological polar surface area (TPSA) is 48.9 Å². The second-order valence-electron chi connectivity index (χ2n) is 7.46. The molecule has 0 radical (unpaired) electrons. The lowest BCUT2D eigenvalue weighted by molar-refractivity contribution is 0.0794. The standard InChI is InChI=1S/C21H34N4OS/c1-3-22-20(23-17-21(27-2)11-14-26-15-12-21)24-18-8-7-13-25(16-18)19-9-5-4-6-10-19/h4-6,9-10,18H,3,7-8,11-17H2,1-2H3,(H2,22,23,24). The van der Waals surface area contributed by atoms with Crippen LogP contribution in [-0.2, 0) is 4.74 Å². The number of hydrogen-bond acceptors (Lipinski definition) is 4. The van der Waals surface area contributed by atoms with E-state index in [0.29, 0.717) is 6.04 Å². The van der Waals surface area contributed by atoms with Crippen molar-refractivity contribution in [1.82, 2.24) is 10.6 Å². The van der Waals surface area contributed by atoms with Gasteiger partial charge >= 0.3 is 0 Å². The van der Waals surface area contributed by atoms with E-state index in [4.69, 9.17) is 9.73 Å². The van der Waals surface area contributed by atoms with E-state index >= 15 is 0 Å². The van der Waals surface area contributed by atoms with E-state index in [1.165, 1.54) is 18.5 Å². The van der Waals surface area contributed by atoms with E-state index in [2.05, 4.69) is 59.0 Å². The van der Waals surface area contributed by atoms with Crippen LogP contribution in [0.15, 0.2) is 35.3 Å². The molecule has 5 nitrogen and oxygen atoms in total. The highest BCUT2D eigenvalue weighted by atomic mass is 32.2. The summed E-state index contributed by atoms with van der Waals surface area (Å²) in [6, 6.07) is 11.2. The summed E-state index contributed by atoms with van der Waals surface area (Å²) in [5.74, 6) is 0.956. The summed E-state index contributed by atoms with van der Waals surface area (Å²) in [7, 11) is 0. The van der Waals surface area contributed by atoms with Crippen molar-refractivity contribution in [3.05, 3.63) is 30.3 Å². The van der Waals surface area contributed by atoms with Gasteiger partial charge in [0.15, 0.2) is 5.96 Å². The van der Waals surface area contributed by atoms with Gasteiger partial charge in [0.1, 0.15) is 0 Å². The summed E-state index contributed by atoms with van der Waals surface area (Å²) in [4.78, 5) is 7.45. The van der Waals surface area contributed by atoms with Gasteiger partial charge in [0.25, 0.3) is 0 Å². The maximum atomic E-state index is 5.56. The molecule has 2 fully saturated rings. The number of nitrogens with zero attached hydrogens (tertiary/aromatic N) is 2. The summed E-state index contributed by atoms with van der Waals surface area (Å²) in [6.07, 6.45) is 6.78. The molecule has 2 aliphatic heterocycles. The fourth-order valence-corrected chi connectivity index (χ4v) is 4.64. The van der Waals surface area contributed by atoms with Crippen molar-refractivity contribution in [1.29, 1.82) is 0 Å². The average Bonchev–Trinajstić information content (AvgIpc) is 2.74. The molecule has 0 spiro atoms. The number of nitrogens with one attached hydrogen (secondary N) is 2. The van der Waals surface area contributed by atoms with E-state index in [1.54, 1.807) is 0 Å². The van der Waals surface area contributed by atoms with Crippen LogP contribution in [0.25, 0.3) is 0 Å². The minimum absolute atomic E-state index is 0.225. The molecule has 2 heterocycles. The molecule has 2 saturated heterocycles. The average molecular weight is 391 g/mol. The number of guanidine groups is 1. The van der Waals surface area contributed by atoms with Gasteiger partial charge in [-0.25, -0.2) is 0 Å². The second kappa shape index (κ2) is 10.2. The van der Waals surface area contributed by atoms with Crippen molar-refractivity contribution >= 4 is 23.4 Å². The van der Waals surface area contributed by atoms with Crippen molar-refractivity contribution < 1.29 is 4.74 Å². The Labute approximate surface area is 168 Å². The minimum atomic E-state index is 0.225. The molecule has 1 unspecified atom stereocenters. The number of anilines is 1. The van der Waals surface area contributed by atoms with E-state index in [1.807, 2.05) is 11.8 Å². The zero-order valence-electron chi connectivity index (χ0n) is 16.7. The number of thioether (sulfide) groups is 1. The predicted octanol–water partition coefficient (Wildman–Crippen LogP) is 3.12. The summed E-state index contributed by atoms with van der Waals surface area (Å²) in [5.41, 5.74) is 1.31. The van der Waals surface area contributed by atoms with E-state index in [-0.39, 0.29) is 4.75 Å². The fourth-order valence-electron chi connectivity index (χ4n) is 3.87. The molecule has 3 rings (SSSR count). The molecular weight excluding hydrogens is 356 g/mol. The van der Waals surface area contributed by atoms with Gasteiger partial charge in [-0.15, -0.1) is 0 Å². The van der Waals surface area contributed by atoms with Gasteiger partial charge < -0.3 is 20.3 Å². The van der Waals surface area contributed by atoms with Crippen LogP contribution in [0, 0.1) is 0 Å². The van der Waals surface area contributed by atoms with Crippen molar-refractivity contribution in [3.63, 3.8) is 0 Å². The number of piperidine rings is 1. The Morgan fingerprint density at radius 2 is 2.07 bits per heavy atom. The molecule has 2 N–H and O–H groups in total. The second-order valence-corrected chi connectivity index (χ2v) is 8.73. The third-order valence-corrected chi connectivity index (χ3v) is 6.99. The van der Waals surface area contributed by atoms with Gasteiger partial charge in [-0.1, -0.05) is 18.2 Å². The van der Waals surface area contributed by atoms with Gasteiger partial charge in [0, 0.05) is 49.3 Å². The maximum absolute atomic E-state index is 5.56. The lowest BCUT2D eigenvalue weighted by atomic mass is 9.99.